The molecule has 0 atom stereocenters. The van der Waals surface area contributed by atoms with Crippen LogP contribution < -0.4 is 4.72 Å². The third kappa shape index (κ3) is 2.98. The SMILES string of the molecule is CCn1cnc(S(=O)(=O)Nc2c(F)cc(Br)cc2F)c1. The molecule has 0 amide bonds. The number of imidazole rings is 1. The summed E-state index contributed by atoms with van der Waals surface area (Å²) in [7, 11) is -4.14. The van der Waals surface area contributed by atoms with E-state index in [0.29, 0.717) is 6.54 Å². The van der Waals surface area contributed by atoms with Crippen LogP contribution in [-0.4, -0.2) is 18.0 Å². The number of hydrogen-bond acceptors (Lipinski definition) is 3. The second-order valence-corrected chi connectivity index (χ2v) is 6.44. The van der Waals surface area contributed by atoms with Crippen molar-refractivity contribution in [2.24, 2.45) is 0 Å². The first-order valence-corrected chi connectivity index (χ1v) is 7.80. The quantitative estimate of drug-likeness (QED) is 0.905. The van der Waals surface area contributed by atoms with Gasteiger partial charge in [0.15, 0.2) is 16.7 Å². The monoisotopic (exact) mass is 365 g/mol. The zero-order valence-electron chi connectivity index (χ0n) is 10.3. The lowest BCUT2D eigenvalue weighted by Gasteiger charge is -2.08. The number of rotatable bonds is 4. The van der Waals surface area contributed by atoms with E-state index >= 15 is 0 Å². The van der Waals surface area contributed by atoms with E-state index in [0.717, 1.165) is 12.1 Å². The Balaban J connectivity index is 2.38. The maximum Gasteiger partial charge on any atom is 0.281 e. The average molecular weight is 366 g/mol. The summed E-state index contributed by atoms with van der Waals surface area (Å²) in [6.07, 6.45) is 2.60. The van der Waals surface area contributed by atoms with E-state index in [1.165, 1.54) is 17.1 Å². The molecule has 0 aliphatic rings. The van der Waals surface area contributed by atoms with Crippen LogP contribution in [0.2, 0.25) is 0 Å². The summed E-state index contributed by atoms with van der Waals surface area (Å²) in [5, 5.41) is -0.305. The third-order valence-electron chi connectivity index (χ3n) is 2.49. The third-order valence-corrected chi connectivity index (χ3v) is 4.19. The van der Waals surface area contributed by atoms with Crippen molar-refractivity contribution in [2.75, 3.05) is 4.72 Å². The number of hydrogen-bond donors (Lipinski definition) is 1. The molecule has 0 aliphatic heterocycles. The summed E-state index contributed by atoms with van der Waals surface area (Å²) < 4.78 is 54.8. The van der Waals surface area contributed by atoms with E-state index < -0.39 is 27.3 Å². The van der Waals surface area contributed by atoms with E-state index in [4.69, 9.17) is 0 Å². The standard InChI is InChI=1S/C11H10BrF2N3O2S/c1-2-17-5-10(15-6-17)20(18,19)16-11-8(13)3-7(12)4-9(11)14/h3-6,16H,2H2,1H3. The van der Waals surface area contributed by atoms with Crippen molar-refractivity contribution in [1.82, 2.24) is 9.55 Å². The Morgan fingerprint density at radius 2 is 1.95 bits per heavy atom. The molecule has 1 N–H and O–H groups in total. The van der Waals surface area contributed by atoms with Gasteiger partial charge < -0.3 is 4.57 Å². The normalized spacial score (nSPS) is 11.6. The van der Waals surface area contributed by atoms with Crippen molar-refractivity contribution < 1.29 is 17.2 Å². The van der Waals surface area contributed by atoms with Crippen molar-refractivity contribution >= 4 is 31.6 Å². The number of aryl methyl sites for hydroxylation is 1. The van der Waals surface area contributed by atoms with Gasteiger partial charge >= 0.3 is 0 Å². The lowest BCUT2D eigenvalue weighted by Crippen LogP contribution is -2.15. The highest BCUT2D eigenvalue weighted by molar-refractivity contribution is 9.10. The second-order valence-electron chi connectivity index (χ2n) is 3.89. The van der Waals surface area contributed by atoms with E-state index in [1.54, 1.807) is 6.92 Å². The van der Waals surface area contributed by atoms with Gasteiger partial charge in [-0.3, -0.25) is 4.72 Å². The fraction of sp³-hybridized carbons (Fsp3) is 0.182. The molecule has 20 heavy (non-hydrogen) atoms. The first kappa shape index (κ1) is 14.9. The lowest BCUT2D eigenvalue weighted by molar-refractivity contribution is 0.580. The van der Waals surface area contributed by atoms with E-state index in [2.05, 4.69) is 20.9 Å². The summed E-state index contributed by atoms with van der Waals surface area (Å²) in [5.74, 6) is -2.04. The predicted octanol–water partition coefficient (Wildman–Crippen LogP) is 2.74. The Labute approximate surface area is 122 Å². The molecule has 9 heteroatoms. The number of nitrogens with one attached hydrogen (secondary N) is 1. The van der Waals surface area contributed by atoms with Crippen molar-refractivity contribution in [3.63, 3.8) is 0 Å². The fourth-order valence-electron chi connectivity index (χ4n) is 1.48. The van der Waals surface area contributed by atoms with Gasteiger partial charge in [-0.1, -0.05) is 15.9 Å². The van der Waals surface area contributed by atoms with E-state index in [9.17, 15) is 17.2 Å². The van der Waals surface area contributed by atoms with Crippen LogP contribution in [-0.2, 0) is 16.6 Å². The highest BCUT2D eigenvalue weighted by Crippen LogP contribution is 2.25. The number of aromatic nitrogens is 2. The van der Waals surface area contributed by atoms with Gasteiger partial charge in [0.05, 0.1) is 6.33 Å². The van der Waals surface area contributed by atoms with Crippen molar-refractivity contribution in [3.8, 4) is 0 Å². The van der Waals surface area contributed by atoms with Gasteiger partial charge in [-0.25, -0.2) is 13.8 Å². The summed E-state index contributed by atoms with van der Waals surface area (Å²) in [4.78, 5) is 3.69. The maximum atomic E-state index is 13.6. The molecular formula is C11H10BrF2N3O2S. The fourth-order valence-corrected chi connectivity index (χ4v) is 2.91. The van der Waals surface area contributed by atoms with Crippen LogP contribution in [0.15, 0.2) is 34.2 Å². The molecule has 1 aromatic heterocycles. The molecule has 0 spiro atoms. The molecule has 1 heterocycles. The lowest BCUT2D eigenvalue weighted by atomic mass is 10.3. The van der Waals surface area contributed by atoms with Crippen LogP contribution in [0.5, 0.6) is 0 Å². The molecule has 0 unspecified atom stereocenters. The zero-order chi connectivity index (χ0) is 14.9. The summed E-state index contributed by atoms with van der Waals surface area (Å²) >= 11 is 2.91. The first-order chi connectivity index (χ1) is 9.33. The molecule has 0 radical (unpaired) electrons. The van der Waals surface area contributed by atoms with Crippen molar-refractivity contribution in [2.45, 2.75) is 18.5 Å². The number of anilines is 1. The molecule has 1 aromatic carbocycles. The van der Waals surface area contributed by atoms with Crippen LogP contribution >= 0.6 is 15.9 Å². The molecule has 0 aliphatic carbocycles. The Kier molecular flexibility index (Phi) is 4.09. The molecule has 2 aromatic rings. The smallest absolute Gasteiger partial charge is 0.281 e. The van der Waals surface area contributed by atoms with E-state index in [1.807, 2.05) is 4.72 Å². The van der Waals surface area contributed by atoms with Crippen molar-refractivity contribution in [3.05, 3.63) is 40.8 Å². The minimum atomic E-state index is -4.14. The van der Waals surface area contributed by atoms with E-state index in [-0.39, 0.29) is 9.50 Å². The van der Waals surface area contributed by atoms with Crippen LogP contribution in [0.3, 0.4) is 0 Å². The largest absolute Gasteiger partial charge is 0.336 e. The average Bonchev–Trinajstić information content (AvgIpc) is 2.83. The first-order valence-electron chi connectivity index (χ1n) is 5.52. The van der Waals surface area contributed by atoms with Crippen LogP contribution in [0.1, 0.15) is 6.92 Å². The van der Waals surface area contributed by atoms with Gasteiger partial charge in [0.25, 0.3) is 10.0 Å². The Morgan fingerprint density at radius 1 is 1.35 bits per heavy atom. The molecule has 0 bridgehead atoms. The Bertz CT molecular complexity index is 723. The van der Waals surface area contributed by atoms with Gasteiger partial charge in [-0.15, -0.1) is 0 Å². The number of sulfonamides is 1. The molecule has 5 nitrogen and oxygen atoms in total. The minimum absolute atomic E-state index is 0.172. The topological polar surface area (TPSA) is 64.0 Å². The summed E-state index contributed by atoms with van der Waals surface area (Å²) in [6, 6.07) is 1.93. The molecule has 0 saturated carbocycles. The van der Waals surface area contributed by atoms with Crippen molar-refractivity contribution in [1.29, 1.82) is 0 Å². The van der Waals surface area contributed by atoms with Crippen LogP contribution in [0.4, 0.5) is 14.5 Å². The number of halogens is 3. The number of benzene rings is 1. The highest BCUT2D eigenvalue weighted by atomic mass is 79.9. The van der Waals surface area contributed by atoms with Gasteiger partial charge in [-0.2, -0.15) is 8.42 Å². The van der Waals surface area contributed by atoms with Gasteiger partial charge in [0.1, 0.15) is 5.69 Å². The predicted molar refractivity (Wildman–Crippen MR) is 72.8 cm³/mol. The Hall–Kier alpha value is -1.48. The second kappa shape index (κ2) is 5.49. The highest BCUT2D eigenvalue weighted by Gasteiger charge is 2.21. The number of nitrogens with zero attached hydrogens (tertiary/aromatic N) is 2. The minimum Gasteiger partial charge on any atom is -0.336 e. The zero-order valence-corrected chi connectivity index (χ0v) is 12.7. The molecular weight excluding hydrogens is 356 g/mol. The molecule has 0 fully saturated rings. The summed E-state index contributed by atoms with van der Waals surface area (Å²) in [6.45, 7) is 2.34. The van der Waals surface area contributed by atoms with Gasteiger partial charge in [0, 0.05) is 17.2 Å². The van der Waals surface area contributed by atoms with Gasteiger partial charge in [0.2, 0.25) is 0 Å². The molecule has 2 rings (SSSR count). The molecule has 108 valence electrons. The van der Waals surface area contributed by atoms with Crippen LogP contribution in [0, 0.1) is 11.6 Å². The van der Waals surface area contributed by atoms with Crippen LogP contribution in [0.25, 0.3) is 0 Å². The Morgan fingerprint density at radius 3 is 2.45 bits per heavy atom. The molecule has 0 saturated heterocycles. The van der Waals surface area contributed by atoms with Gasteiger partial charge in [-0.05, 0) is 19.1 Å². The summed E-state index contributed by atoms with van der Waals surface area (Å²) in [5.41, 5.74) is -0.737. The maximum absolute atomic E-state index is 13.6.